The molecule has 0 atom stereocenters. The molecule has 84 valence electrons. The van der Waals surface area contributed by atoms with Crippen LogP contribution in [-0.2, 0) is 0 Å². The number of pyridine rings is 1. The molecule has 0 aliphatic carbocycles. The monoisotopic (exact) mass is 280 g/mol. The lowest BCUT2D eigenvalue weighted by Crippen LogP contribution is -2.02. The maximum Gasteiger partial charge on any atom is 0.133 e. The van der Waals surface area contributed by atoms with Gasteiger partial charge >= 0.3 is 0 Å². The number of nitrogens with zero attached hydrogens (tertiary/aromatic N) is 3. The van der Waals surface area contributed by atoms with E-state index < -0.39 is 0 Å². The second-order valence-electron chi connectivity index (χ2n) is 3.82. The molecule has 16 heavy (non-hydrogen) atoms. The molecule has 0 amide bonds. The van der Waals surface area contributed by atoms with Crippen molar-refractivity contribution in [3.05, 3.63) is 33.8 Å². The number of anilines is 1. The zero-order chi connectivity index (χ0) is 11.9. The van der Waals surface area contributed by atoms with Gasteiger partial charge in [0, 0.05) is 6.20 Å². The van der Waals surface area contributed by atoms with Crippen LogP contribution in [-0.4, -0.2) is 14.8 Å². The number of hydrogen-bond donors (Lipinski definition) is 1. The Kier molecular flexibility index (Phi) is 2.71. The van der Waals surface area contributed by atoms with Gasteiger partial charge in [-0.15, -0.1) is 0 Å². The van der Waals surface area contributed by atoms with Gasteiger partial charge in [-0.1, -0.05) is 0 Å². The van der Waals surface area contributed by atoms with Crippen LogP contribution in [0.5, 0.6) is 0 Å². The van der Waals surface area contributed by atoms with Gasteiger partial charge in [0.2, 0.25) is 0 Å². The highest BCUT2D eigenvalue weighted by atomic mass is 79.9. The van der Waals surface area contributed by atoms with E-state index in [1.165, 1.54) is 0 Å². The molecule has 0 fully saturated rings. The molecule has 0 saturated carbocycles. The molecule has 0 bridgehead atoms. The Morgan fingerprint density at radius 3 is 2.50 bits per heavy atom. The van der Waals surface area contributed by atoms with Crippen molar-refractivity contribution in [3.63, 3.8) is 0 Å². The maximum absolute atomic E-state index is 5.88. The van der Waals surface area contributed by atoms with Crippen LogP contribution in [0.3, 0.4) is 0 Å². The molecule has 0 saturated heterocycles. The number of aromatic nitrogens is 3. The Balaban J connectivity index is 2.67. The molecule has 0 aromatic carbocycles. The summed E-state index contributed by atoms with van der Waals surface area (Å²) in [6.07, 6.45) is 1.84. The molecule has 2 heterocycles. The summed E-state index contributed by atoms with van der Waals surface area (Å²) in [5.74, 6) is 0. The molecule has 0 unspecified atom stereocenters. The van der Waals surface area contributed by atoms with Gasteiger partial charge in [0.1, 0.15) is 4.60 Å². The first-order valence-corrected chi connectivity index (χ1v) is 5.74. The van der Waals surface area contributed by atoms with E-state index in [4.69, 9.17) is 5.73 Å². The highest BCUT2D eigenvalue weighted by Gasteiger charge is 2.13. The van der Waals surface area contributed by atoms with Gasteiger partial charge in [-0.3, -0.25) is 4.98 Å². The van der Waals surface area contributed by atoms with Crippen LogP contribution < -0.4 is 5.73 Å². The third-order valence-electron chi connectivity index (χ3n) is 2.47. The zero-order valence-electron chi connectivity index (χ0n) is 9.45. The van der Waals surface area contributed by atoms with E-state index in [0.29, 0.717) is 5.69 Å². The lowest BCUT2D eigenvalue weighted by atomic mass is 10.2. The topological polar surface area (TPSA) is 56.7 Å². The lowest BCUT2D eigenvalue weighted by molar-refractivity contribution is 0.828. The van der Waals surface area contributed by atoms with Crippen LogP contribution in [0.25, 0.3) is 5.69 Å². The summed E-state index contributed by atoms with van der Waals surface area (Å²) >= 11 is 3.44. The first-order chi connectivity index (χ1) is 7.50. The Morgan fingerprint density at radius 2 is 1.94 bits per heavy atom. The van der Waals surface area contributed by atoms with Crippen LogP contribution >= 0.6 is 15.9 Å². The normalized spacial score (nSPS) is 10.8. The first-order valence-electron chi connectivity index (χ1n) is 4.95. The maximum atomic E-state index is 5.88. The summed E-state index contributed by atoms with van der Waals surface area (Å²) in [5, 5.41) is 4.39. The van der Waals surface area contributed by atoms with Gasteiger partial charge in [0.15, 0.2) is 0 Å². The first kappa shape index (κ1) is 11.1. The molecule has 0 spiro atoms. The van der Waals surface area contributed by atoms with Crippen LogP contribution in [0.1, 0.15) is 17.0 Å². The molecule has 5 heteroatoms. The summed E-state index contributed by atoms with van der Waals surface area (Å²) in [7, 11) is 0. The summed E-state index contributed by atoms with van der Waals surface area (Å²) in [4.78, 5) is 4.31. The molecule has 2 aromatic heterocycles. The van der Waals surface area contributed by atoms with Crippen molar-refractivity contribution in [1.29, 1.82) is 0 Å². The number of nitrogens with two attached hydrogens (primary N) is 1. The van der Waals surface area contributed by atoms with Crippen molar-refractivity contribution in [3.8, 4) is 5.69 Å². The lowest BCUT2D eigenvalue weighted by Gasteiger charge is -2.07. The molecule has 2 N–H and O–H groups in total. The van der Waals surface area contributed by atoms with E-state index >= 15 is 0 Å². The molecular weight excluding hydrogens is 268 g/mol. The molecule has 2 rings (SSSR count). The zero-order valence-corrected chi connectivity index (χ0v) is 11.0. The number of rotatable bonds is 1. The van der Waals surface area contributed by atoms with E-state index in [-0.39, 0.29) is 0 Å². The quantitative estimate of drug-likeness (QED) is 0.873. The summed E-state index contributed by atoms with van der Waals surface area (Å²) in [5.41, 5.74) is 10.3. The standard InChI is InChI=1S/C11H13BrN4/c1-6-4-9(7(2)14-5-6)16-11(12)10(13)8(3)15-16/h4-5H,13H2,1-3H3. The van der Waals surface area contributed by atoms with E-state index in [2.05, 4.69) is 26.0 Å². The predicted octanol–water partition coefficient (Wildman–Crippen LogP) is 2.54. The Labute approximate surface area is 103 Å². The molecule has 0 radical (unpaired) electrons. The van der Waals surface area contributed by atoms with Gasteiger partial charge in [-0.2, -0.15) is 5.10 Å². The van der Waals surface area contributed by atoms with Crippen LogP contribution in [0.15, 0.2) is 16.9 Å². The van der Waals surface area contributed by atoms with Gasteiger partial charge in [-0.25, -0.2) is 4.68 Å². The SMILES string of the molecule is Cc1cnc(C)c(-n2nc(C)c(N)c2Br)c1. The number of aryl methyl sites for hydroxylation is 3. The van der Waals surface area contributed by atoms with Crippen LogP contribution in [0, 0.1) is 20.8 Å². The van der Waals surface area contributed by atoms with Crippen molar-refractivity contribution in [2.45, 2.75) is 20.8 Å². The Bertz CT molecular complexity index is 545. The van der Waals surface area contributed by atoms with Crippen molar-refractivity contribution in [1.82, 2.24) is 14.8 Å². The minimum absolute atomic E-state index is 0.668. The second kappa shape index (κ2) is 3.90. The number of halogens is 1. The fraction of sp³-hybridized carbons (Fsp3) is 0.273. The number of hydrogen-bond acceptors (Lipinski definition) is 3. The summed E-state index contributed by atoms with van der Waals surface area (Å²) < 4.78 is 2.56. The van der Waals surface area contributed by atoms with Crippen LogP contribution in [0.4, 0.5) is 5.69 Å². The van der Waals surface area contributed by atoms with Gasteiger partial charge in [0.25, 0.3) is 0 Å². The molecule has 0 aliphatic rings. The fourth-order valence-corrected chi connectivity index (χ4v) is 2.06. The van der Waals surface area contributed by atoms with E-state index in [1.54, 1.807) is 4.68 Å². The molecular formula is C11H13BrN4. The van der Waals surface area contributed by atoms with Gasteiger partial charge in [0.05, 0.1) is 22.8 Å². The van der Waals surface area contributed by atoms with Crippen molar-refractivity contribution in [2.75, 3.05) is 5.73 Å². The van der Waals surface area contributed by atoms with Gasteiger partial charge < -0.3 is 5.73 Å². The predicted molar refractivity (Wildman–Crippen MR) is 67.7 cm³/mol. The number of nitrogen functional groups attached to an aromatic ring is 1. The fourth-order valence-electron chi connectivity index (χ4n) is 1.51. The Morgan fingerprint density at radius 1 is 1.25 bits per heavy atom. The highest BCUT2D eigenvalue weighted by molar-refractivity contribution is 9.10. The summed E-state index contributed by atoms with van der Waals surface area (Å²) in [6, 6.07) is 2.04. The average molecular weight is 281 g/mol. The minimum atomic E-state index is 0.668. The van der Waals surface area contributed by atoms with E-state index in [9.17, 15) is 0 Å². The molecule has 4 nitrogen and oxygen atoms in total. The largest absolute Gasteiger partial charge is 0.395 e. The third kappa shape index (κ3) is 1.71. The Hall–Kier alpha value is -1.36. The third-order valence-corrected chi connectivity index (χ3v) is 3.24. The highest BCUT2D eigenvalue weighted by Crippen LogP contribution is 2.26. The second-order valence-corrected chi connectivity index (χ2v) is 4.57. The molecule has 0 aliphatic heterocycles. The van der Waals surface area contributed by atoms with Crippen molar-refractivity contribution < 1.29 is 0 Å². The van der Waals surface area contributed by atoms with E-state index in [1.807, 2.05) is 33.0 Å². The summed E-state index contributed by atoms with van der Waals surface area (Å²) in [6.45, 7) is 5.84. The minimum Gasteiger partial charge on any atom is -0.395 e. The smallest absolute Gasteiger partial charge is 0.133 e. The van der Waals surface area contributed by atoms with Crippen molar-refractivity contribution in [2.24, 2.45) is 0 Å². The van der Waals surface area contributed by atoms with E-state index in [0.717, 1.165) is 27.2 Å². The molecule has 2 aromatic rings. The van der Waals surface area contributed by atoms with Gasteiger partial charge in [-0.05, 0) is 48.3 Å². The van der Waals surface area contributed by atoms with Crippen LogP contribution in [0.2, 0.25) is 0 Å². The average Bonchev–Trinajstić information content (AvgIpc) is 2.50. The van der Waals surface area contributed by atoms with Crippen molar-refractivity contribution >= 4 is 21.6 Å².